The Labute approximate surface area is 123 Å². The zero-order chi connectivity index (χ0) is 14.7. The van der Waals surface area contributed by atoms with Crippen LogP contribution in [0.3, 0.4) is 0 Å². The lowest BCUT2D eigenvalue weighted by Gasteiger charge is -2.17. The third-order valence-corrected chi connectivity index (χ3v) is 3.59. The van der Waals surface area contributed by atoms with Crippen LogP contribution in [0.25, 0.3) is 0 Å². The summed E-state index contributed by atoms with van der Waals surface area (Å²) in [5.74, 6) is 0.296. The fourth-order valence-corrected chi connectivity index (χ4v) is 2.54. The lowest BCUT2D eigenvalue weighted by molar-refractivity contribution is -0.116. The SMILES string of the molecule is Nc1ccn(CC(=O)Nc2ccc(N3CCCC3)cc2)n1. The second-order valence-electron chi connectivity index (χ2n) is 5.23. The lowest BCUT2D eigenvalue weighted by atomic mass is 10.2. The number of carbonyl (C=O) groups is 1. The van der Waals surface area contributed by atoms with Crippen LogP contribution in [0.1, 0.15) is 12.8 Å². The molecule has 2 aromatic rings. The minimum Gasteiger partial charge on any atom is -0.382 e. The topological polar surface area (TPSA) is 76.2 Å². The summed E-state index contributed by atoms with van der Waals surface area (Å²) in [4.78, 5) is 14.3. The third kappa shape index (κ3) is 3.34. The van der Waals surface area contributed by atoms with E-state index in [0.717, 1.165) is 18.8 Å². The number of amides is 1. The Morgan fingerprint density at radius 2 is 1.90 bits per heavy atom. The molecule has 6 heteroatoms. The van der Waals surface area contributed by atoms with Gasteiger partial charge in [-0.05, 0) is 43.2 Å². The van der Waals surface area contributed by atoms with Crippen LogP contribution in [0.4, 0.5) is 17.2 Å². The quantitative estimate of drug-likeness (QED) is 0.896. The maximum Gasteiger partial charge on any atom is 0.246 e. The Morgan fingerprint density at radius 3 is 2.52 bits per heavy atom. The molecule has 0 spiro atoms. The highest BCUT2D eigenvalue weighted by molar-refractivity contribution is 5.90. The summed E-state index contributed by atoms with van der Waals surface area (Å²) in [5, 5.41) is 6.84. The van der Waals surface area contributed by atoms with Gasteiger partial charge in [-0.2, -0.15) is 5.10 Å². The van der Waals surface area contributed by atoms with E-state index in [1.165, 1.54) is 23.2 Å². The molecule has 1 aromatic heterocycles. The largest absolute Gasteiger partial charge is 0.382 e. The molecule has 0 atom stereocenters. The molecule has 110 valence electrons. The number of hydrogen-bond acceptors (Lipinski definition) is 4. The van der Waals surface area contributed by atoms with Gasteiger partial charge in [0, 0.05) is 30.7 Å². The van der Waals surface area contributed by atoms with Crippen molar-refractivity contribution in [3.8, 4) is 0 Å². The van der Waals surface area contributed by atoms with Crippen molar-refractivity contribution in [3.63, 3.8) is 0 Å². The third-order valence-electron chi connectivity index (χ3n) is 3.59. The molecule has 21 heavy (non-hydrogen) atoms. The molecule has 1 fully saturated rings. The number of anilines is 3. The van der Waals surface area contributed by atoms with Gasteiger partial charge >= 0.3 is 0 Å². The van der Waals surface area contributed by atoms with Gasteiger partial charge in [-0.1, -0.05) is 0 Å². The Kier molecular flexibility index (Phi) is 3.77. The van der Waals surface area contributed by atoms with Crippen molar-refractivity contribution in [2.75, 3.05) is 29.0 Å². The van der Waals surface area contributed by atoms with Gasteiger partial charge in [0.1, 0.15) is 12.4 Å². The van der Waals surface area contributed by atoms with E-state index < -0.39 is 0 Å². The number of rotatable bonds is 4. The predicted molar refractivity (Wildman–Crippen MR) is 83.2 cm³/mol. The van der Waals surface area contributed by atoms with Crippen LogP contribution in [0, 0.1) is 0 Å². The standard InChI is InChI=1S/C15H19N5O/c16-14-7-10-20(18-14)11-15(21)17-12-3-5-13(6-4-12)19-8-1-2-9-19/h3-7,10H,1-2,8-9,11H2,(H2,16,18)(H,17,21). The highest BCUT2D eigenvalue weighted by Gasteiger charge is 2.12. The number of nitrogens with one attached hydrogen (secondary N) is 1. The Balaban J connectivity index is 1.58. The second kappa shape index (κ2) is 5.87. The van der Waals surface area contributed by atoms with Crippen molar-refractivity contribution >= 4 is 23.1 Å². The smallest absolute Gasteiger partial charge is 0.246 e. The molecule has 3 rings (SSSR count). The molecule has 2 heterocycles. The Bertz CT molecular complexity index is 613. The molecule has 0 aliphatic carbocycles. The van der Waals surface area contributed by atoms with Crippen molar-refractivity contribution in [2.45, 2.75) is 19.4 Å². The van der Waals surface area contributed by atoms with Crippen LogP contribution >= 0.6 is 0 Å². The first-order chi connectivity index (χ1) is 10.2. The molecule has 1 amide bonds. The van der Waals surface area contributed by atoms with E-state index in [-0.39, 0.29) is 12.5 Å². The molecule has 0 bridgehead atoms. The molecule has 1 saturated heterocycles. The molecular formula is C15H19N5O. The van der Waals surface area contributed by atoms with Gasteiger partial charge in [-0.3, -0.25) is 9.48 Å². The van der Waals surface area contributed by atoms with Crippen LogP contribution in [0.5, 0.6) is 0 Å². The van der Waals surface area contributed by atoms with Crippen molar-refractivity contribution in [1.29, 1.82) is 0 Å². The number of carbonyl (C=O) groups excluding carboxylic acids is 1. The number of aromatic nitrogens is 2. The van der Waals surface area contributed by atoms with Gasteiger partial charge in [0.2, 0.25) is 5.91 Å². The second-order valence-corrected chi connectivity index (χ2v) is 5.23. The van der Waals surface area contributed by atoms with E-state index in [9.17, 15) is 4.79 Å². The maximum atomic E-state index is 11.9. The van der Waals surface area contributed by atoms with Gasteiger partial charge in [0.25, 0.3) is 0 Å². The van der Waals surface area contributed by atoms with Crippen LogP contribution in [0.15, 0.2) is 36.5 Å². The summed E-state index contributed by atoms with van der Waals surface area (Å²) in [6.07, 6.45) is 4.20. The normalized spacial score (nSPS) is 14.4. The molecule has 1 aliphatic rings. The van der Waals surface area contributed by atoms with Crippen LogP contribution < -0.4 is 16.0 Å². The molecule has 0 radical (unpaired) electrons. The van der Waals surface area contributed by atoms with E-state index in [4.69, 9.17) is 5.73 Å². The predicted octanol–water partition coefficient (Wildman–Crippen LogP) is 1.70. The van der Waals surface area contributed by atoms with Gasteiger partial charge < -0.3 is 16.0 Å². The number of nitrogens with zero attached hydrogens (tertiary/aromatic N) is 3. The minimum absolute atomic E-state index is 0.118. The first kappa shape index (κ1) is 13.5. The van der Waals surface area contributed by atoms with Crippen molar-refractivity contribution < 1.29 is 4.79 Å². The highest BCUT2D eigenvalue weighted by Crippen LogP contribution is 2.21. The molecule has 1 aromatic carbocycles. The van der Waals surface area contributed by atoms with Crippen LogP contribution in [-0.2, 0) is 11.3 Å². The zero-order valence-corrected chi connectivity index (χ0v) is 11.8. The average molecular weight is 285 g/mol. The van der Waals surface area contributed by atoms with E-state index >= 15 is 0 Å². The maximum absolute atomic E-state index is 11.9. The van der Waals surface area contributed by atoms with Gasteiger partial charge in [-0.25, -0.2) is 0 Å². The number of hydrogen-bond donors (Lipinski definition) is 2. The summed E-state index contributed by atoms with van der Waals surface area (Å²) in [6, 6.07) is 9.63. The fourth-order valence-electron chi connectivity index (χ4n) is 2.54. The lowest BCUT2D eigenvalue weighted by Crippen LogP contribution is -2.20. The summed E-state index contributed by atoms with van der Waals surface area (Å²) >= 11 is 0. The average Bonchev–Trinajstić information content (AvgIpc) is 3.11. The summed E-state index contributed by atoms with van der Waals surface area (Å²) < 4.78 is 1.52. The monoisotopic (exact) mass is 285 g/mol. The first-order valence-electron chi connectivity index (χ1n) is 7.14. The van der Waals surface area contributed by atoms with Gasteiger partial charge in [0.15, 0.2) is 0 Å². The molecule has 0 saturated carbocycles. The van der Waals surface area contributed by atoms with Gasteiger partial charge in [-0.15, -0.1) is 0 Å². The molecular weight excluding hydrogens is 266 g/mol. The van der Waals surface area contributed by atoms with Gasteiger partial charge in [0.05, 0.1) is 0 Å². The zero-order valence-electron chi connectivity index (χ0n) is 11.8. The molecule has 1 aliphatic heterocycles. The van der Waals surface area contributed by atoms with E-state index in [0.29, 0.717) is 5.82 Å². The van der Waals surface area contributed by atoms with Crippen molar-refractivity contribution in [1.82, 2.24) is 9.78 Å². The molecule has 0 unspecified atom stereocenters. The highest BCUT2D eigenvalue weighted by atomic mass is 16.2. The Hall–Kier alpha value is -2.50. The molecule has 3 N–H and O–H groups in total. The van der Waals surface area contributed by atoms with E-state index in [1.54, 1.807) is 12.3 Å². The van der Waals surface area contributed by atoms with Crippen molar-refractivity contribution in [3.05, 3.63) is 36.5 Å². The van der Waals surface area contributed by atoms with Crippen LogP contribution in [0.2, 0.25) is 0 Å². The Morgan fingerprint density at radius 1 is 1.19 bits per heavy atom. The number of nitrogens with two attached hydrogens (primary N) is 1. The minimum atomic E-state index is -0.118. The summed E-state index contributed by atoms with van der Waals surface area (Å²) in [7, 11) is 0. The summed E-state index contributed by atoms with van der Waals surface area (Å²) in [5.41, 5.74) is 7.52. The number of nitrogen functional groups attached to an aromatic ring is 1. The molecule has 6 nitrogen and oxygen atoms in total. The van der Waals surface area contributed by atoms with Crippen LogP contribution in [-0.4, -0.2) is 28.8 Å². The number of benzene rings is 1. The van der Waals surface area contributed by atoms with E-state index in [1.807, 2.05) is 24.3 Å². The van der Waals surface area contributed by atoms with E-state index in [2.05, 4.69) is 15.3 Å². The summed E-state index contributed by atoms with van der Waals surface area (Å²) in [6.45, 7) is 2.39. The van der Waals surface area contributed by atoms with Crippen molar-refractivity contribution in [2.24, 2.45) is 0 Å². The fraction of sp³-hybridized carbons (Fsp3) is 0.333. The first-order valence-corrected chi connectivity index (χ1v) is 7.14.